The molecule has 0 saturated carbocycles. The van der Waals surface area contributed by atoms with E-state index < -0.39 is 0 Å². The van der Waals surface area contributed by atoms with E-state index in [0.717, 1.165) is 17.1 Å². The minimum atomic E-state index is 1.10. The quantitative estimate of drug-likeness (QED) is 0.138. The molecule has 0 spiro atoms. The van der Waals surface area contributed by atoms with Crippen molar-refractivity contribution in [3.8, 4) is 55.6 Å². The molecular formula is C54H39NS. The summed E-state index contributed by atoms with van der Waals surface area (Å²) in [5.74, 6) is 0. The number of hydrogen-bond acceptors (Lipinski definition) is 2. The molecule has 56 heavy (non-hydrogen) atoms. The van der Waals surface area contributed by atoms with Crippen LogP contribution < -0.4 is 4.90 Å². The zero-order valence-electron chi connectivity index (χ0n) is 30.9. The van der Waals surface area contributed by atoms with Crippen LogP contribution >= 0.6 is 11.8 Å². The molecule has 0 fully saturated rings. The maximum atomic E-state index is 2.37. The SMILES string of the molecule is c1ccc(Sc2ccc(-c3ccc(N(c4ccc(-c5ccccc5)cc4)c4ccc(-c5ccccc5)cc4)cc3)cc2-c2ccccc2-c2ccccc2)cc1. The molecule has 0 atom stereocenters. The van der Waals surface area contributed by atoms with Gasteiger partial charge < -0.3 is 4.90 Å². The van der Waals surface area contributed by atoms with Crippen LogP contribution in [0, 0.1) is 0 Å². The van der Waals surface area contributed by atoms with Crippen molar-refractivity contribution in [2.45, 2.75) is 9.79 Å². The second-order valence-corrected chi connectivity index (χ2v) is 14.9. The van der Waals surface area contributed by atoms with Crippen LogP contribution in [-0.4, -0.2) is 0 Å². The summed E-state index contributed by atoms with van der Waals surface area (Å²) in [7, 11) is 0. The molecule has 9 aromatic rings. The third-order valence-corrected chi connectivity index (χ3v) is 11.3. The first-order valence-electron chi connectivity index (χ1n) is 19.0. The van der Waals surface area contributed by atoms with Crippen molar-refractivity contribution in [2.24, 2.45) is 0 Å². The summed E-state index contributed by atoms with van der Waals surface area (Å²) < 4.78 is 0. The first-order chi connectivity index (χ1) is 27.8. The average molecular weight is 734 g/mol. The molecule has 0 aromatic heterocycles. The number of benzene rings is 9. The highest BCUT2D eigenvalue weighted by Crippen LogP contribution is 2.43. The summed E-state index contributed by atoms with van der Waals surface area (Å²) in [4.78, 5) is 4.79. The van der Waals surface area contributed by atoms with Gasteiger partial charge in [-0.25, -0.2) is 0 Å². The molecular weight excluding hydrogens is 695 g/mol. The average Bonchev–Trinajstić information content (AvgIpc) is 3.29. The van der Waals surface area contributed by atoms with Gasteiger partial charge >= 0.3 is 0 Å². The Labute approximate surface area is 334 Å². The monoisotopic (exact) mass is 733 g/mol. The van der Waals surface area contributed by atoms with E-state index in [1.165, 1.54) is 65.4 Å². The summed E-state index contributed by atoms with van der Waals surface area (Å²) in [6, 6.07) is 84.9. The second kappa shape index (κ2) is 16.2. The van der Waals surface area contributed by atoms with Gasteiger partial charge in [0.15, 0.2) is 0 Å². The van der Waals surface area contributed by atoms with E-state index in [1.807, 2.05) is 11.8 Å². The van der Waals surface area contributed by atoms with Gasteiger partial charge in [0.25, 0.3) is 0 Å². The topological polar surface area (TPSA) is 3.24 Å². The molecule has 0 unspecified atom stereocenters. The van der Waals surface area contributed by atoms with Crippen molar-refractivity contribution in [1.82, 2.24) is 0 Å². The van der Waals surface area contributed by atoms with E-state index >= 15 is 0 Å². The Bertz CT molecular complexity index is 2570. The van der Waals surface area contributed by atoms with Crippen LogP contribution in [0.5, 0.6) is 0 Å². The zero-order valence-corrected chi connectivity index (χ0v) is 31.7. The smallest absolute Gasteiger partial charge is 0.0462 e. The summed E-state index contributed by atoms with van der Waals surface area (Å²) in [5.41, 5.74) is 15.3. The van der Waals surface area contributed by atoms with Crippen molar-refractivity contribution in [2.75, 3.05) is 4.90 Å². The third-order valence-electron chi connectivity index (χ3n) is 10.2. The fraction of sp³-hybridized carbons (Fsp3) is 0. The molecule has 2 heteroatoms. The maximum absolute atomic E-state index is 2.37. The van der Waals surface area contributed by atoms with E-state index in [-0.39, 0.29) is 0 Å². The lowest BCUT2D eigenvalue weighted by Crippen LogP contribution is -2.09. The fourth-order valence-electron chi connectivity index (χ4n) is 7.33. The molecule has 0 heterocycles. The van der Waals surface area contributed by atoms with E-state index in [4.69, 9.17) is 0 Å². The standard InChI is InChI=1S/C54H39NS/c1-5-15-40(16-6-1)42-25-32-47(33-26-42)55(48-34-27-43(28-35-48)41-17-7-2-8-18-41)49-36-29-44(30-37-49)46-31-38-54(56-50-21-11-4-12-22-50)53(39-46)52-24-14-13-23-51(52)45-19-9-3-10-20-45/h1-39H. The van der Waals surface area contributed by atoms with Crippen LogP contribution in [0.25, 0.3) is 55.6 Å². The molecule has 0 aliphatic heterocycles. The van der Waals surface area contributed by atoms with Crippen molar-refractivity contribution < 1.29 is 0 Å². The Morgan fingerprint density at radius 2 is 0.607 bits per heavy atom. The van der Waals surface area contributed by atoms with Crippen LogP contribution in [-0.2, 0) is 0 Å². The van der Waals surface area contributed by atoms with Gasteiger partial charge in [-0.3, -0.25) is 0 Å². The summed E-state index contributed by atoms with van der Waals surface area (Å²) in [5, 5.41) is 0. The highest BCUT2D eigenvalue weighted by Gasteiger charge is 2.16. The molecule has 9 rings (SSSR count). The first kappa shape index (κ1) is 34.9. The van der Waals surface area contributed by atoms with Crippen LogP contribution in [0.3, 0.4) is 0 Å². The van der Waals surface area contributed by atoms with Crippen molar-refractivity contribution in [3.05, 3.63) is 237 Å². The second-order valence-electron chi connectivity index (χ2n) is 13.7. The van der Waals surface area contributed by atoms with E-state index in [1.54, 1.807) is 0 Å². The summed E-state index contributed by atoms with van der Waals surface area (Å²) >= 11 is 1.81. The minimum Gasteiger partial charge on any atom is -0.311 e. The van der Waals surface area contributed by atoms with Gasteiger partial charge in [-0.05, 0) is 116 Å². The predicted octanol–water partition coefficient (Wildman–Crippen LogP) is 15.6. The van der Waals surface area contributed by atoms with Crippen LogP contribution in [0.2, 0.25) is 0 Å². The Morgan fingerprint density at radius 3 is 1.09 bits per heavy atom. The highest BCUT2D eigenvalue weighted by molar-refractivity contribution is 7.99. The van der Waals surface area contributed by atoms with Gasteiger partial charge in [0.1, 0.15) is 0 Å². The van der Waals surface area contributed by atoms with Gasteiger partial charge in [0.2, 0.25) is 0 Å². The van der Waals surface area contributed by atoms with Crippen molar-refractivity contribution >= 4 is 28.8 Å². The number of hydrogen-bond donors (Lipinski definition) is 0. The number of anilines is 3. The Morgan fingerprint density at radius 1 is 0.250 bits per heavy atom. The molecule has 0 N–H and O–H groups in total. The first-order valence-corrected chi connectivity index (χ1v) is 19.8. The molecule has 0 amide bonds. The lowest BCUT2D eigenvalue weighted by atomic mass is 9.92. The highest BCUT2D eigenvalue weighted by atomic mass is 32.2. The van der Waals surface area contributed by atoms with Crippen molar-refractivity contribution in [1.29, 1.82) is 0 Å². The Balaban J connectivity index is 1.10. The largest absolute Gasteiger partial charge is 0.311 e. The molecule has 9 aromatic carbocycles. The van der Waals surface area contributed by atoms with E-state index in [0.29, 0.717) is 0 Å². The molecule has 0 aliphatic rings. The molecule has 266 valence electrons. The van der Waals surface area contributed by atoms with Crippen molar-refractivity contribution in [3.63, 3.8) is 0 Å². The Kier molecular flexibility index (Phi) is 10.1. The van der Waals surface area contributed by atoms with Gasteiger partial charge in [0.05, 0.1) is 0 Å². The van der Waals surface area contributed by atoms with Gasteiger partial charge in [0, 0.05) is 26.9 Å². The normalized spacial score (nSPS) is 10.9. The lowest BCUT2D eigenvalue weighted by Gasteiger charge is -2.26. The summed E-state index contributed by atoms with van der Waals surface area (Å²) in [6.07, 6.45) is 0. The minimum absolute atomic E-state index is 1.10. The van der Waals surface area contributed by atoms with Crippen LogP contribution in [0.4, 0.5) is 17.1 Å². The molecule has 0 radical (unpaired) electrons. The lowest BCUT2D eigenvalue weighted by molar-refractivity contribution is 1.28. The van der Waals surface area contributed by atoms with E-state index in [9.17, 15) is 0 Å². The number of nitrogens with zero attached hydrogens (tertiary/aromatic N) is 1. The zero-order chi connectivity index (χ0) is 37.5. The predicted molar refractivity (Wildman–Crippen MR) is 239 cm³/mol. The third kappa shape index (κ3) is 7.57. The van der Waals surface area contributed by atoms with E-state index in [2.05, 4.69) is 241 Å². The van der Waals surface area contributed by atoms with Gasteiger partial charge in [-0.1, -0.05) is 188 Å². The van der Waals surface area contributed by atoms with Crippen LogP contribution in [0.1, 0.15) is 0 Å². The molecule has 0 bridgehead atoms. The van der Waals surface area contributed by atoms with Crippen LogP contribution in [0.15, 0.2) is 246 Å². The molecule has 0 saturated heterocycles. The van der Waals surface area contributed by atoms with Gasteiger partial charge in [-0.15, -0.1) is 0 Å². The maximum Gasteiger partial charge on any atom is 0.0462 e. The number of rotatable bonds is 10. The molecule has 0 aliphatic carbocycles. The molecule has 1 nitrogen and oxygen atoms in total. The summed E-state index contributed by atoms with van der Waals surface area (Å²) in [6.45, 7) is 0. The Hall–Kier alpha value is -6.87. The fourth-order valence-corrected chi connectivity index (χ4v) is 8.29. The van der Waals surface area contributed by atoms with Gasteiger partial charge in [-0.2, -0.15) is 0 Å².